The molecule has 1 aromatic carbocycles. The van der Waals surface area contributed by atoms with Gasteiger partial charge in [0.05, 0.1) is 19.8 Å². The summed E-state index contributed by atoms with van der Waals surface area (Å²) in [4.78, 5) is 12.0. The average Bonchev–Trinajstić information content (AvgIpc) is 2.32. The zero-order chi connectivity index (χ0) is 13.2. The van der Waals surface area contributed by atoms with Crippen LogP contribution in [0.2, 0.25) is 0 Å². The van der Waals surface area contributed by atoms with Crippen LogP contribution in [0.4, 0.5) is 0 Å². The van der Waals surface area contributed by atoms with E-state index < -0.39 is 6.04 Å². The van der Waals surface area contributed by atoms with Crippen LogP contribution in [0.3, 0.4) is 0 Å². The predicted molar refractivity (Wildman–Crippen MR) is 66.6 cm³/mol. The summed E-state index contributed by atoms with van der Waals surface area (Å²) >= 11 is 0. The first-order valence-corrected chi connectivity index (χ1v) is 5.49. The van der Waals surface area contributed by atoms with Crippen molar-refractivity contribution in [2.24, 2.45) is 5.73 Å². The molecule has 0 radical (unpaired) electrons. The number of hydrogen-bond acceptors (Lipinski definition) is 4. The number of benzene rings is 1. The van der Waals surface area contributed by atoms with E-state index in [9.17, 15) is 4.79 Å². The molecule has 1 unspecified atom stereocenters. The van der Waals surface area contributed by atoms with Crippen molar-refractivity contribution in [2.45, 2.75) is 26.8 Å². The Morgan fingerprint density at radius 2 is 2.00 bits per heavy atom. The number of hydrogen-bond donors (Lipinski definition) is 2. The lowest BCUT2D eigenvalue weighted by Crippen LogP contribution is -2.34. The van der Waals surface area contributed by atoms with Gasteiger partial charge in [-0.25, -0.2) is 0 Å². The maximum Gasteiger partial charge on any atom is 0.182 e. The average molecular weight is 237 g/mol. The van der Waals surface area contributed by atoms with Gasteiger partial charge in [0.1, 0.15) is 5.75 Å². The van der Waals surface area contributed by atoms with E-state index in [2.05, 4.69) is 0 Å². The van der Waals surface area contributed by atoms with Crippen molar-refractivity contribution in [3.63, 3.8) is 0 Å². The Kier molecular flexibility index (Phi) is 4.26. The highest BCUT2D eigenvalue weighted by atomic mass is 16.5. The van der Waals surface area contributed by atoms with Gasteiger partial charge in [-0.3, -0.25) is 4.79 Å². The summed E-state index contributed by atoms with van der Waals surface area (Å²) in [6.07, 6.45) is 0. The third-order valence-electron chi connectivity index (χ3n) is 3.03. The molecule has 1 atom stereocenters. The van der Waals surface area contributed by atoms with Gasteiger partial charge in [0.15, 0.2) is 5.78 Å². The first-order chi connectivity index (χ1) is 7.93. The van der Waals surface area contributed by atoms with Crippen LogP contribution in [0.15, 0.2) is 6.07 Å². The first-order valence-electron chi connectivity index (χ1n) is 5.49. The van der Waals surface area contributed by atoms with Gasteiger partial charge in [-0.2, -0.15) is 0 Å². The molecule has 3 N–H and O–H groups in total. The number of aliphatic hydroxyl groups excluding tert-OH is 1. The summed E-state index contributed by atoms with van der Waals surface area (Å²) in [6.45, 7) is 5.30. The highest BCUT2D eigenvalue weighted by Gasteiger charge is 2.20. The second kappa shape index (κ2) is 5.29. The van der Waals surface area contributed by atoms with Crippen LogP contribution in [-0.4, -0.2) is 30.6 Å². The predicted octanol–water partition coefficient (Wildman–Crippen LogP) is 1.12. The molecular weight excluding hydrogens is 218 g/mol. The van der Waals surface area contributed by atoms with Crippen molar-refractivity contribution in [3.8, 4) is 5.75 Å². The van der Waals surface area contributed by atoms with E-state index in [0.29, 0.717) is 5.56 Å². The Morgan fingerprint density at radius 1 is 1.41 bits per heavy atom. The van der Waals surface area contributed by atoms with E-state index in [1.165, 1.54) is 0 Å². The standard InChI is InChI=1S/C13H19NO3/c1-7-5-10(12(16)11(14)6-15)8(2)9(3)13(7)17-4/h5,11,15H,6,14H2,1-4H3. The fraction of sp³-hybridized carbons (Fsp3) is 0.462. The molecule has 17 heavy (non-hydrogen) atoms. The molecule has 0 aliphatic carbocycles. The smallest absolute Gasteiger partial charge is 0.182 e. The number of Topliss-reactive ketones (excluding diaryl/α,β-unsaturated/α-hetero) is 1. The van der Waals surface area contributed by atoms with E-state index >= 15 is 0 Å². The van der Waals surface area contributed by atoms with Gasteiger partial charge in [-0.1, -0.05) is 0 Å². The van der Waals surface area contributed by atoms with E-state index in [0.717, 1.165) is 22.4 Å². The highest BCUT2D eigenvalue weighted by Crippen LogP contribution is 2.28. The molecule has 1 aromatic rings. The number of carbonyl (C=O) groups is 1. The summed E-state index contributed by atoms with van der Waals surface area (Å²) in [5.74, 6) is 0.551. The Labute approximate surface area is 101 Å². The molecular formula is C13H19NO3. The van der Waals surface area contributed by atoms with Gasteiger partial charge >= 0.3 is 0 Å². The van der Waals surface area contributed by atoms with Gasteiger partial charge in [0.25, 0.3) is 0 Å². The first kappa shape index (κ1) is 13.7. The quantitative estimate of drug-likeness (QED) is 0.770. The topological polar surface area (TPSA) is 72.5 Å². The summed E-state index contributed by atoms with van der Waals surface area (Å²) in [5.41, 5.74) is 8.79. The maximum atomic E-state index is 12.0. The number of aryl methyl sites for hydroxylation is 1. The van der Waals surface area contributed by atoms with Crippen molar-refractivity contribution >= 4 is 5.78 Å². The number of carbonyl (C=O) groups excluding carboxylic acids is 1. The van der Waals surface area contributed by atoms with Crippen molar-refractivity contribution in [1.82, 2.24) is 0 Å². The van der Waals surface area contributed by atoms with Crippen LogP contribution in [0.1, 0.15) is 27.0 Å². The molecule has 0 aromatic heterocycles. The summed E-state index contributed by atoms with van der Waals surface area (Å²) in [7, 11) is 1.61. The zero-order valence-corrected chi connectivity index (χ0v) is 10.7. The van der Waals surface area contributed by atoms with E-state index in [1.807, 2.05) is 20.8 Å². The number of rotatable bonds is 4. The second-order valence-electron chi connectivity index (χ2n) is 4.18. The minimum absolute atomic E-state index is 0.237. The van der Waals surface area contributed by atoms with Crippen molar-refractivity contribution in [2.75, 3.05) is 13.7 Å². The Hall–Kier alpha value is -1.39. The third-order valence-corrected chi connectivity index (χ3v) is 3.03. The van der Waals surface area contributed by atoms with Crippen LogP contribution >= 0.6 is 0 Å². The number of aliphatic hydroxyl groups is 1. The van der Waals surface area contributed by atoms with Crippen molar-refractivity contribution in [1.29, 1.82) is 0 Å². The number of ketones is 1. The molecule has 0 fully saturated rings. The van der Waals surface area contributed by atoms with Crippen molar-refractivity contribution < 1.29 is 14.6 Å². The SMILES string of the molecule is COc1c(C)cc(C(=O)C(N)CO)c(C)c1C. The fourth-order valence-corrected chi connectivity index (χ4v) is 1.91. The molecule has 94 valence electrons. The van der Waals surface area contributed by atoms with Gasteiger partial charge in [0.2, 0.25) is 0 Å². The molecule has 4 heteroatoms. The van der Waals surface area contributed by atoms with Crippen LogP contribution in [0.5, 0.6) is 5.75 Å². The molecule has 0 aliphatic rings. The minimum Gasteiger partial charge on any atom is -0.496 e. The fourth-order valence-electron chi connectivity index (χ4n) is 1.91. The largest absolute Gasteiger partial charge is 0.496 e. The molecule has 0 saturated carbocycles. The third kappa shape index (κ3) is 2.48. The molecule has 0 amide bonds. The Morgan fingerprint density at radius 3 is 2.47 bits per heavy atom. The second-order valence-corrected chi connectivity index (χ2v) is 4.18. The molecule has 0 saturated heterocycles. The maximum absolute atomic E-state index is 12.0. The lowest BCUT2D eigenvalue weighted by molar-refractivity contribution is 0.0924. The molecule has 0 aliphatic heterocycles. The highest BCUT2D eigenvalue weighted by molar-refractivity contribution is 6.02. The number of nitrogens with two attached hydrogens (primary N) is 1. The van der Waals surface area contributed by atoms with Crippen LogP contribution in [0.25, 0.3) is 0 Å². The Balaban J connectivity index is 3.33. The summed E-state index contributed by atoms with van der Waals surface area (Å²) < 4.78 is 5.29. The van der Waals surface area contributed by atoms with Crippen LogP contribution < -0.4 is 10.5 Å². The number of ether oxygens (including phenoxy) is 1. The lowest BCUT2D eigenvalue weighted by Gasteiger charge is -2.16. The summed E-state index contributed by atoms with van der Waals surface area (Å²) in [5, 5.41) is 8.93. The molecule has 1 rings (SSSR count). The normalized spacial score (nSPS) is 12.4. The van der Waals surface area contributed by atoms with Crippen LogP contribution in [0, 0.1) is 20.8 Å². The van der Waals surface area contributed by atoms with E-state index in [4.69, 9.17) is 15.6 Å². The zero-order valence-electron chi connectivity index (χ0n) is 10.7. The lowest BCUT2D eigenvalue weighted by atomic mass is 9.93. The van der Waals surface area contributed by atoms with Crippen LogP contribution in [-0.2, 0) is 0 Å². The minimum atomic E-state index is -0.860. The monoisotopic (exact) mass is 237 g/mol. The molecule has 0 heterocycles. The Bertz CT molecular complexity index is 441. The summed E-state index contributed by atoms with van der Waals surface area (Å²) in [6, 6.07) is 0.903. The van der Waals surface area contributed by atoms with E-state index in [-0.39, 0.29) is 12.4 Å². The molecule has 0 bridgehead atoms. The number of methoxy groups -OCH3 is 1. The molecule has 0 spiro atoms. The van der Waals surface area contributed by atoms with Gasteiger partial charge in [-0.15, -0.1) is 0 Å². The van der Waals surface area contributed by atoms with Gasteiger partial charge in [-0.05, 0) is 43.5 Å². The van der Waals surface area contributed by atoms with Crippen molar-refractivity contribution in [3.05, 3.63) is 28.3 Å². The molecule has 4 nitrogen and oxygen atoms in total. The van der Waals surface area contributed by atoms with Gasteiger partial charge in [0, 0.05) is 5.56 Å². The van der Waals surface area contributed by atoms with E-state index in [1.54, 1.807) is 13.2 Å². The van der Waals surface area contributed by atoms with Gasteiger partial charge < -0.3 is 15.6 Å².